The summed E-state index contributed by atoms with van der Waals surface area (Å²) in [6, 6.07) is 0.281. The number of aliphatic hydroxyl groups excluding tert-OH is 1. The van der Waals surface area contributed by atoms with Crippen LogP contribution in [0.25, 0.3) is 0 Å². The van der Waals surface area contributed by atoms with Crippen molar-refractivity contribution in [1.82, 2.24) is 9.97 Å². The molecule has 0 spiro atoms. The lowest BCUT2D eigenvalue weighted by molar-refractivity contribution is -0.106. The summed E-state index contributed by atoms with van der Waals surface area (Å²) in [4.78, 5) is 19.0. The monoisotopic (exact) mass is 330 g/mol. The van der Waals surface area contributed by atoms with Crippen LogP contribution in [0.1, 0.15) is 25.7 Å². The molecule has 1 aliphatic rings. The zero-order chi connectivity index (χ0) is 13.7. The molecule has 6 nitrogen and oxygen atoms in total. The third-order valence-corrected chi connectivity index (χ3v) is 3.52. The highest BCUT2D eigenvalue weighted by Crippen LogP contribution is 2.25. The molecule has 0 aromatic carbocycles. The Balaban J connectivity index is 2.04. The number of hydrogen-bond acceptors (Lipinski definition) is 6. The van der Waals surface area contributed by atoms with E-state index >= 15 is 0 Å². The van der Waals surface area contributed by atoms with E-state index in [9.17, 15) is 9.90 Å². The highest BCUT2D eigenvalue weighted by molar-refractivity contribution is 9.10. The Morgan fingerprint density at radius 2 is 2.11 bits per heavy atom. The molecular formula is C12H17BrN4O2. The van der Waals surface area contributed by atoms with Crippen LogP contribution >= 0.6 is 15.9 Å². The number of aldehydes is 1. The molecule has 7 heteroatoms. The predicted molar refractivity (Wildman–Crippen MR) is 76.2 cm³/mol. The number of nitrogens with one attached hydrogen (secondary N) is 2. The van der Waals surface area contributed by atoms with Gasteiger partial charge in [0.05, 0.1) is 18.8 Å². The fourth-order valence-corrected chi connectivity index (χ4v) is 2.43. The Kier molecular flexibility index (Phi) is 5.09. The summed E-state index contributed by atoms with van der Waals surface area (Å²) in [5.74, 6) is 1.21. The molecule has 1 heterocycles. The molecular weight excluding hydrogens is 314 g/mol. The number of aromatic nitrogens is 2. The minimum atomic E-state index is -0.181. The first kappa shape index (κ1) is 14.2. The third-order valence-electron chi connectivity index (χ3n) is 3.13. The number of rotatable bonds is 5. The van der Waals surface area contributed by atoms with Crippen LogP contribution in [0, 0.1) is 0 Å². The quantitative estimate of drug-likeness (QED) is 0.561. The van der Waals surface area contributed by atoms with Crippen molar-refractivity contribution >= 4 is 33.9 Å². The lowest BCUT2D eigenvalue weighted by atomic mass is 9.93. The van der Waals surface area contributed by atoms with Crippen LogP contribution < -0.4 is 10.6 Å². The van der Waals surface area contributed by atoms with E-state index in [4.69, 9.17) is 0 Å². The van der Waals surface area contributed by atoms with Gasteiger partial charge < -0.3 is 20.5 Å². The zero-order valence-electron chi connectivity index (χ0n) is 10.5. The molecule has 1 aromatic rings. The van der Waals surface area contributed by atoms with Gasteiger partial charge in [0.1, 0.15) is 10.9 Å². The molecule has 0 amide bonds. The normalized spacial score (nSPS) is 22.8. The number of carbonyl (C=O) groups is 1. The van der Waals surface area contributed by atoms with Crippen molar-refractivity contribution in [3.8, 4) is 0 Å². The van der Waals surface area contributed by atoms with Crippen LogP contribution in [0.15, 0.2) is 10.8 Å². The summed E-state index contributed by atoms with van der Waals surface area (Å²) in [5.41, 5.74) is 0. The van der Waals surface area contributed by atoms with Crippen LogP contribution in [0.4, 0.5) is 11.6 Å². The van der Waals surface area contributed by atoms with E-state index in [-0.39, 0.29) is 18.7 Å². The number of nitrogens with zero attached hydrogens (tertiary/aromatic N) is 2. The molecule has 2 rings (SSSR count). The fraction of sp³-hybridized carbons (Fsp3) is 0.583. The maximum Gasteiger partial charge on any atom is 0.170 e. The average Bonchev–Trinajstić information content (AvgIpc) is 2.40. The number of aliphatic hydroxyl groups is 1. The average molecular weight is 331 g/mol. The fourth-order valence-electron chi connectivity index (χ4n) is 2.15. The summed E-state index contributed by atoms with van der Waals surface area (Å²) < 4.78 is 0.641. The first-order valence-corrected chi connectivity index (χ1v) is 7.13. The van der Waals surface area contributed by atoms with E-state index in [1.54, 1.807) is 6.20 Å². The van der Waals surface area contributed by atoms with Crippen molar-refractivity contribution in [3.63, 3.8) is 0 Å². The maximum absolute atomic E-state index is 10.4. The standard InChI is InChI=1S/C12H17BrN4O2/c13-10-7-15-11(14-5-6-18)12(17-10)16-8-1-3-9(19)4-2-8/h6-9,19H,1-5H2,(H,14,15)(H,16,17)/t8-,9-/i5+1,6+1. The SMILES string of the molecule is O=[13CH][13CH2]Nc1ncc(Br)nc1N[C@H]1CC[C@H](O)CC1. The van der Waals surface area contributed by atoms with Crippen molar-refractivity contribution in [2.75, 3.05) is 17.2 Å². The third kappa shape index (κ3) is 4.14. The van der Waals surface area contributed by atoms with Gasteiger partial charge in [-0.2, -0.15) is 0 Å². The van der Waals surface area contributed by atoms with Gasteiger partial charge >= 0.3 is 0 Å². The van der Waals surface area contributed by atoms with Gasteiger partial charge in [-0.1, -0.05) is 0 Å². The second kappa shape index (κ2) is 6.81. The minimum Gasteiger partial charge on any atom is -0.393 e. The van der Waals surface area contributed by atoms with Gasteiger partial charge in [0.15, 0.2) is 11.6 Å². The molecule has 1 fully saturated rings. The first-order valence-electron chi connectivity index (χ1n) is 6.33. The Morgan fingerprint density at radius 1 is 1.37 bits per heavy atom. The Bertz CT molecular complexity index is 436. The molecule has 1 saturated carbocycles. The van der Waals surface area contributed by atoms with Crippen LogP contribution in [-0.2, 0) is 4.79 Å². The van der Waals surface area contributed by atoms with Crippen molar-refractivity contribution in [2.45, 2.75) is 37.8 Å². The second-order valence-corrected chi connectivity index (χ2v) is 5.40. The van der Waals surface area contributed by atoms with Crippen molar-refractivity contribution in [3.05, 3.63) is 10.8 Å². The molecule has 104 valence electrons. The Labute approximate surface area is 120 Å². The molecule has 0 atom stereocenters. The summed E-state index contributed by atoms with van der Waals surface area (Å²) >= 11 is 3.29. The Hall–Kier alpha value is -1.21. The van der Waals surface area contributed by atoms with Gasteiger partial charge in [-0.25, -0.2) is 9.97 Å². The lowest BCUT2D eigenvalue weighted by Crippen LogP contribution is -2.29. The number of carbonyl (C=O) groups excluding carboxylic acids is 1. The van der Waals surface area contributed by atoms with E-state index in [1.807, 2.05) is 0 Å². The van der Waals surface area contributed by atoms with Crippen molar-refractivity contribution in [1.29, 1.82) is 0 Å². The highest BCUT2D eigenvalue weighted by atomic mass is 79.9. The van der Waals surface area contributed by atoms with E-state index in [0.717, 1.165) is 32.0 Å². The van der Waals surface area contributed by atoms with Gasteiger partial charge in [0, 0.05) is 6.04 Å². The van der Waals surface area contributed by atoms with Gasteiger partial charge in [-0.15, -0.1) is 0 Å². The zero-order valence-corrected chi connectivity index (χ0v) is 12.1. The van der Waals surface area contributed by atoms with Gasteiger partial charge in [0.2, 0.25) is 0 Å². The van der Waals surface area contributed by atoms with Gasteiger partial charge in [-0.3, -0.25) is 0 Å². The highest BCUT2D eigenvalue weighted by Gasteiger charge is 2.20. The predicted octanol–water partition coefficient (Wildman–Crippen LogP) is 1.57. The molecule has 0 saturated heterocycles. The summed E-state index contributed by atoms with van der Waals surface area (Å²) in [6.45, 7) is 0.203. The number of anilines is 2. The number of hydrogen-bond donors (Lipinski definition) is 3. The minimum absolute atomic E-state index is 0.181. The molecule has 1 aliphatic carbocycles. The van der Waals surface area contributed by atoms with Crippen LogP contribution in [0.2, 0.25) is 0 Å². The molecule has 19 heavy (non-hydrogen) atoms. The lowest BCUT2D eigenvalue weighted by Gasteiger charge is -2.27. The van der Waals surface area contributed by atoms with Crippen LogP contribution in [0.3, 0.4) is 0 Å². The molecule has 0 bridgehead atoms. The van der Waals surface area contributed by atoms with E-state index < -0.39 is 0 Å². The van der Waals surface area contributed by atoms with Crippen molar-refractivity contribution < 1.29 is 9.90 Å². The summed E-state index contributed by atoms with van der Waals surface area (Å²) in [5, 5.41) is 15.7. The van der Waals surface area contributed by atoms with Gasteiger partial charge in [-0.05, 0) is 41.6 Å². The largest absolute Gasteiger partial charge is 0.393 e. The topological polar surface area (TPSA) is 87.1 Å². The Morgan fingerprint density at radius 3 is 2.79 bits per heavy atom. The summed E-state index contributed by atoms with van der Waals surface area (Å²) in [6.07, 6.45) is 5.60. The van der Waals surface area contributed by atoms with E-state index in [0.29, 0.717) is 16.2 Å². The molecule has 0 unspecified atom stereocenters. The van der Waals surface area contributed by atoms with Crippen LogP contribution in [0.5, 0.6) is 0 Å². The molecule has 0 aliphatic heterocycles. The van der Waals surface area contributed by atoms with Gasteiger partial charge in [0.25, 0.3) is 0 Å². The maximum atomic E-state index is 10.4. The first-order chi connectivity index (χ1) is 9.19. The molecule has 1 aromatic heterocycles. The van der Waals surface area contributed by atoms with E-state index in [1.165, 1.54) is 0 Å². The number of halogens is 1. The van der Waals surface area contributed by atoms with Crippen molar-refractivity contribution in [2.24, 2.45) is 0 Å². The summed E-state index contributed by atoms with van der Waals surface area (Å²) in [7, 11) is 0. The smallest absolute Gasteiger partial charge is 0.170 e. The van der Waals surface area contributed by atoms with Crippen LogP contribution in [-0.4, -0.2) is 40.1 Å². The second-order valence-electron chi connectivity index (χ2n) is 4.59. The molecule has 3 N–H and O–H groups in total. The molecule has 0 radical (unpaired) electrons. The van der Waals surface area contributed by atoms with E-state index in [2.05, 4.69) is 36.5 Å².